The number of hydrogen-bond donors (Lipinski definition) is 1. The van der Waals surface area contributed by atoms with Crippen molar-refractivity contribution in [2.45, 2.75) is 11.8 Å². The molecule has 72 valence electrons. The molecule has 0 aromatic carbocycles. The Hall–Kier alpha value is -0.420. The van der Waals surface area contributed by atoms with E-state index in [1.165, 1.54) is 6.20 Å². The first kappa shape index (κ1) is 10.7. The van der Waals surface area contributed by atoms with E-state index in [0.717, 1.165) is 0 Å². The van der Waals surface area contributed by atoms with Crippen molar-refractivity contribution < 1.29 is 8.78 Å². The molecule has 0 radical (unpaired) electrons. The molecule has 1 aromatic rings. The van der Waals surface area contributed by atoms with Gasteiger partial charge in [0.1, 0.15) is 5.15 Å². The van der Waals surface area contributed by atoms with Gasteiger partial charge in [-0.2, -0.15) is 0 Å². The number of rotatable bonds is 2. The molecule has 1 aromatic heterocycles. The van der Waals surface area contributed by atoms with Gasteiger partial charge in [-0.1, -0.05) is 27.5 Å². The van der Waals surface area contributed by atoms with Gasteiger partial charge >= 0.3 is 0 Å². The van der Waals surface area contributed by atoms with Crippen LogP contribution in [0.15, 0.2) is 6.20 Å². The number of aromatic nitrogens is 1. The van der Waals surface area contributed by atoms with Crippen molar-refractivity contribution >= 4 is 33.2 Å². The van der Waals surface area contributed by atoms with Crippen LogP contribution in [-0.4, -0.2) is 4.98 Å². The topological polar surface area (TPSA) is 38.9 Å². The van der Waals surface area contributed by atoms with Gasteiger partial charge in [-0.25, -0.2) is 13.8 Å². The molecule has 0 fully saturated rings. The predicted octanol–water partition coefficient (Wildman–Crippen LogP) is 3.15. The fourth-order valence-electron chi connectivity index (χ4n) is 0.872. The van der Waals surface area contributed by atoms with E-state index in [1.807, 2.05) is 0 Å². The van der Waals surface area contributed by atoms with Crippen LogP contribution >= 0.6 is 27.5 Å². The van der Waals surface area contributed by atoms with Crippen LogP contribution in [0.3, 0.4) is 0 Å². The summed E-state index contributed by atoms with van der Waals surface area (Å²) in [5.74, 6) is 0. The predicted molar refractivity (Wildman–Crippen MR) is 51.2 cm³/mol. The molecule has 2 nitrogen and oxygen atoms in total. The highest BCUT2D eigenvalue weighted by molar-refractivity contribution is 9.08. The third-order valence-corrected chi connectivity index (χ3v) is 2.46. The highest BCUT2D eigenvalue weighted by Gasteiger charge is 2.18. The summed E-state index contributed by atoms with van der Waals surface area (Å²) in [5.41, 5.74) is 5.59. The Balaban J connectivity index is 3.30. The molecule has 0 spiro atoms. The lowest BCUT2D eigenvalue weighted by Crippen LogP contribution is -2.01. The summed E-state index contributed by atoms with van der Waals surface area (Å²) in [5, 5.41) is 0.139. The summed E-state index contributed by atoms with van der Waals surface area (Å²) in [6.45, 7) is 0. The Kier molecular flexibility index (Phi) is 3.44. The summed E-state index contributed by atoms with van der Waals surface area (Å²) in [6.07, 6.45) is -1.32. The number of alkyl halides is 3. The molecule has 13 heavy (non-hydrogen) atoms. The molecule has 0 atom stereocenters. The van der Waals surface area contributed by atoms with Gasteiger partial charge in [-0.05, 0) is 0 Å². The van der Waals surface area contributed by atoms with Crippen molar-refractivity contribution in [2.24, 2.45) is 0 Å². The number of pyridine rings is 1. The minimum Gasteiger partial charge on any atom is -0.398 e. The maximum atomic E-state index is 12.4. The number of nitrogen functional groups attached to an aromatic ring is 1. The molecule has 0 aliphatic rings. The summed E-state index contributed by atoms with van der Waals surface area (Å²) in [7, 11) is 0. The first-order valence-electron chi connectivity index (χ1n) is 3.34. The molecule has 2 N–H and O–H groups in total. The molecule has 0 unspecified atom stereocenters. The van der Waals surface area contributed by atoms with Crippen molar-refractivity contribution in [2.75, 3.05) is 5.73 Å². The van der Waals surface area contributed by atoms with Crippen LogP contribution < -0.4 is 5.73 Å². The number of nitrogens with two attached hydrogens (primary N) is 1. The van der Waals surface area contributed by atoms with Crippen LogP contribution in [0.4, 0.5) is 14.5 Å². The van der Waals surface area contributed by atoms with Crippen molar-refractivity contribution in [3.8, 4) is 0 Å². The maximum Gasteiger partial charge on any atom is 0.268 e. The lowest BCUT2D eigenvalue weighted by Gasteiger charge is -2.09. The van der Waals surface area contributed by atoms with E-state index in [9.17, 15) is 8.78 Å². The van der Waals surface area contributed by atoms with Crippen molar-refractivity contribution in [1.29, 1.82) is 0 Å². The van der Waals surface area contributed by atoms with Gasteiger partial charge in [0, 0.05) is 22.8 Å². The second-order valence-electron chi connectivity index (χ2n) is 2.34. The maximum absolute atomic E-state index is 12.4. The van der Waals surface area contributed by atoms with Crippen molar-refractivity contribution in [1.82, 2.24) is 4.98 Å². The van der Waals surface area contributed by atoms with Crippen LogP contribution in [0.25, 0.3) is 0 Å². The average Bonchev–Trinajstić information content (AvgIpc) is 2.04. The number of anilines is 1. The lowest BCUT2D eigenvalue weighted by molar-refractivity contribution is 0.152. The summed E-state index contributed by atoms with van der Waals surface area (Å²) < 4.78 is 24.8. The minimum atomic E-state index is -2.70. The molecule has 0 saturated carbocycles. The molecule has 0 saturated heterocycles. The van der Waals surface area contributed by atoms with Crippen LogP contribution in [0.1, 0.15) is 17.6 Å². The third-order valence-electron chi connectivity index (χ3n) is 1.55. The largest absolute Gasteiger partial charge is 0.398 e. The first-order valence-corrected chi connectivity index (χ1v) is 4.84. The molecule has 6 heteroatoms. The number of halogens is 4. The molecule has 0 aliphatic carbocycles. The molecule has 0 aliphatic heterocycles. The SMILES string of the molecule is Nc1c(CBr)cnc(Cl)c1C(F)F. The zero-order valence-corrected chi connectivity index (χ0v) is 8.74. The van der Waals surface area contributed by atoms with E-state index in [2.05, 4.69) is 20.9 Å². The number of nitrogens with zero attached hydrogens (tertiary/aromatic N) is 1. The van der Waals surface area contributed by atoms with Gasteiger partial charge in [-0.15, -0.1) is 0 Å². The second kappa shape index (κ2) is 4.19. The quantitative estimate of drug-likeness (QED) is 0.663. The smallest absolute Gasteiger partial charge is 0.268 e. The molecular formula is C7H6BrClF2N2. The van der Waals surface area contributed by atoms with Gasteiger partial charge in [0.15, 0.2) is 0 Å². The van der Waals surface area contributed by atoms with E-state index in [-0.39, 0.29) is 10.8 Å². The molecule has 1 rings (SSSR count). The van der Waals surface area contributed by atoms with E-state index in [1.54, 1.807) is 0 Å². The first-order chi connectivity index (χ1) is 6.07. The third kappa shape index (κ3) is 2.08. The summed E-state index contributed by atoms with van der Waals surface area (Å²) in [4.78, 5) is 3.61. The Morgan fingerprint density at radius 1 is 1.62 bits per heavy atom. The normalized spacial score (nSPS) is 10.8. The fraction of sp³-hybridized carbons (Fsp3) is 0.286. The average molecular weight is 271 g/mol. The minimum absolute atomic E-state index is 0.00637. The Bertz CT molecular complexity index is 320. The van der Waals surface area contributed by atoms with Crippen LogP contribution in [0.5, 0.6) is 0 Å². The number of hydrogen-bond acceptors (Lipinski definition) is 2. The Morgan fingerprint density at radius 2 is 2.23 bits per heavy atom. The van der Waals surface area contributed by atoms with Crippen molar-refractivity contribution in [3.63, 3.8) is 0 Å². The van der Waals surface area contributed by atoms with E-state index < -0.39 is 12.0 Å². The highest BCUT2D eigenvalue weighted by atomic mass is 79.9. The highest BCUT2D eigenvalue weighted by Crippen LogP contribution is 2.33. The van der Waals surface area contributed by atoms with Crippen molar-refractivity contribution in [3.05, 3.63) is 22.5 Å². The second-order valence-corrected chi connectivity index (χ2v) is 3.25. The van der Waals surface area contributed by atoms with E-state index in [4.69, 9.17) is 17.3 Å². The zero-order chi connectivity index (χ0) is 10.0. The van der Waals surface area contributed by atoms with Gasteiger partial charge in [0.25, 0.3) is 6.43 Å². The van der Waals surface area contributed by atoms with Gasteiger partial charge in [-0.3, -0.25) is 0 Å². The van der Waals surface area contributed by atoms with E-state index in [0.29, 0.717) is 10.9 Å². The van der Waals surface area contributed by atoms with Crippen LogP contribution in [0, 0.1) is 0 Å². The molecular weight excluding hydrogens is 265 g/mol. The zero-order valence-electron chi connectivity index (χ0n) is 6.40. The van der Waals surface area contributed by atoms with Gasteiger partial charge in [0.05, 0.1) is 5.56 Å². The standard InChI is InChI=1S/C7H6BrClF2N2/c8-1-3-2-13-6(9)4(5(3)12)7(10)11/h2,7H,1H2,(H2,12,13). The summed E-state index contributed by atoms with van der Waals surface area (Å²) in [6, 6.07) is 0. The molecule has 1 heterocycles. The van der Waals surface area contributed by atoms with E-state index >= 15 is 0 Å². The monoisotopic (exact) mass is 270 g/mol. The van der Waals surface area contributed by atoms with Crippen LogP contribution in [-0.2, 0) is 5.33 Å². The fourth-order valence-corrected chi connectivity index (χ4v) is 1.55. The Labute approximate surface area is 87.2 Å². The van der Waals surface area contributed by atoms with Crippen LogP contribution in [0.2, 0.25) is 5.15 Å². The van der Waals surface area contributed by atoms with Gasteiger partial charge in [0.2, 0.25) is 0 Å². The summed E-state index contributed by atoms with van der Waals surface area (Å²) >= 11 is 8.58. The molecule has 0 amide bonds. The Morgan fingerprint density at radius 3 is 2.69 bits per heavy atom. The van der Waals surface area contributed by atoms with Gasteiger partial charge < -0.3 is 5.73 Å². The molecule has 0 bridgehead atoms. The lowest BCUT2D eigenvalue weighted by atomic mass is 10.2.